The summed E-state index contributed by atoms with van der Waals surface area (Å²) in [6.45, 7) is 0. The van der Waals surface area contributed by atoms with Crippen molar-refractivity contribution in [3.05, 3.63) is 44.0 Å². The van der Waals surface area contributed by atoms with Crippen molar-refractivity contribution in [1.29, 1.82) is 0 Å². The van der Waals surface area contributed by atoms with Crippen LogP contribution in [0.5, 0.6) is 0 Å². The van der Waals surface area contributed by atoms with E-state index in [0.717, 1.165) is 8.66 Å². The number of benzene rings is 1. The number of nitrogens with two attached hydrogens (primary N) is 1. The fraction of sp³-hybridized carbons (Fsp3) is 0.0909. The van der Waals surface area contributed by atoms with Crippen LogP contribution in [0.2, 0.25) is 5.02 Å². The Morgan fingerprint density at radius 3 is 2.56 bits per heavy atom. The van der Waals surface area contributed by atoms with E-state index in [1.54, 1.807) is 12.1 Å². The summed E-state index contributed by atoms with van der Waals surface area (Å²) in [4.78, 5) is 0.748. The summed E-state index contributed by atoms with van der Waals surface area (Å²) >= 11 is 10.6. The first kappa shape index (κ1) is 13.9. The highest BCUT2D eigenvalue weighted by molar-refractivity contribution is 9.11. The van der Waals surface area contributed by atoms with Gasteiger partial charge in [-0.25, -0.2) is 8.42 Å². The van der Waals surface area contributed by atoms with Crippen molar-refractivity contribution in [2.24, 2.45) is 0 Å². The van der Waals surface area contributed by atoms with Crippen LogP contribution in [-0.2, 0) is 15.6 Å². The summed E-state index contributed by atoms with van der Waals surface area (Å²) in [6.07, 6.45) is 0. The van der Waals surface area contributed by atoms with Gasteiger partial charge in [0.25, 0.3) is 0 Å². The maximum atomic E-state index is 12.3. The van der Waals surface area contributed by atoms with Gasteiger partial charge in [-0.3, -0.25) is 0 Å². The highest BCUT2D eigenvalue weighted by atomic mass is 79.9. The summed E-state index contributed by atoms with van der Waals surface area (Å²) in [5, 5.41) is 0.158. The van der Waals surface area contributed by atoms with Gasteiger partial charge in [-0.2, -0.15) is 0 Å². The fourth-order valence-corrected chi connectivity index (χ4v) is 5.46. The van der Waals surface area contributed by atoms with Crippen LogP contribution in [0, 0.1) is 0 Å². The maximum Gasteiger partial charge on any atom is 0.186 e. The van der Waals surface area contributed by atoms with E-state index in [1.807, 2.05) is 6.07 Å². The Morgan fingerprint density at radius 1 is 1.28 bits per heavy atom. The van der Waals surface area contributed by atoms with Gasteiger partial charge in [0.05, 0.1) is 20.2 Å². The van der Waals surface area contributed by atoms with Crippen molar-refractivity contribution in [3.63, 3.8) is 0 Å². The Bertz CT molecular complexity index is 662. The summed E-state index contributed by atoms with van der Waals surface area (Å²) in [5.74, 6) is -0.100. The molecule has 0 bridgehead atoms. The number of hydrogen-bond donors (Lipinski definition) is 1. The molecule has 1 heterocycles. The average molecular weight is 367 g/mol. The van der Waals surface area contributed by atoms with E-state index in [2.05, 4.69) is 15.9 Å². The third kappa shape index (κ3) is 2.88. The van der Waals surface area contributed by atoms with E-state index in [1.165, 1.54) is 23.5 Å². The smallest absolute Gasteiger partial charge is 0.186 e. The SMILES string of the molecule is Nc1cccc(Cl)c1S(=O)(=O)Cc1ccc(Br)s1. The second-order valence-corrected chi connectivity index (χ2v) is 8.50. The van der Waals surface area contributed by atoms with Crippen molar-refractivity contribution >= 4 is 54.4 Å². The highest BCUT2D eigenvalue weighted by Gasteiger charge is 2.22. The van der Waals surface area contributed by atoms with Crippen molar-refractivity contribution in [1.82, 2.24) is 0 Å². The zero-order valence-electron chi connectivity index (χ0n) is 9.06. The first-order chi connectivity index (χ1) is 8.40. The number of thiophene rings is 1. The summed E-state index contributed by atoms with van der Waals surface area (Å²) in [6, 6.07) is 8.25. The molecule has 96 valence electrons. The molecule has 7 heteroatoms. The van der Waals surface area contributed by atoms with Crippen molar-refractivity contribution < 1.29 is 8.42 Å². The molecular formula is C11H9BrClNO2S2. The lowest BCUT2D eigenvalue weighted by Gasteiger charge is -2.08. The molecule has 0 amide bonds. The maximum absolute atomic E-state index is 12.3. The minimum atomic E-state index is -3.53. The van der Waals surface area contributed by atoms with Crippen LogP contribution >= 0.6 is 38.9 Å². The molecule has 0 aliphatic rings. The van der Waals surface area contributed by atoms with Crippen LogP contribution < -0.4 is 5.73 Å². The van der Waals surface area contributed by atoms with Crippen molar-refractivity contribution in [3.8, 4) is 0 Å². The average Bonchev–Trinajstić information content (AvgIpc) is 2.62. The molecule has 0 fully saturated rings. The standard InChI is InChI=1S/C11H9BrClNO2S2/c12-10-5-4-7(17-10)6-18(15,16)11-8(13)2-1-3-9(11)14/h1-5H,6,14H2. The topological polar surface area (TPSA) is 60.2 Å². The molecule has 0 aliphatic carbocycles. The molecule has 0 unspecified atom stereocenters. The number of sulfone groups is 1. The predicted octanol–water partition coefficient (Wildman–Crippen LogP) is 3.72. The Morgan fingerprint density at radius 2 is 2.00 bits per heavy atom. The Hall–Kier alpha value is -0.560. The summed E-state index contributed by atoms with van der Waals surface area (Å²) < 4.78 is 25.4. The Labute approximate surface area is 123 Å². The van der Waals surface area contributed by atoms with Gasteiger partial charge in [0.1, 0.15) is 4.90 Å². The number of hydrogen-bond acceptors (Lipinski definition) is 4. The second kappa shape index (κ2) is 5.21. The van der Waals surface area contributed by atoms with Crippen LogP contribution in [0.3, 0.4) is 0 Å². The van der Waals surface area contributed by atoms with Crippen LogP contribution in [0.15, 0.2) is 39.0 Å². The van der Waals surface area contributed by atoms with Crippen LogP contribution in [0.1, 0.15) is 4.88 Å². The second-order valence-electron chi connectivity index (χ2n) is 3.62. The number of anilines is 1. The monoisotopic (exact) mass is 365 g/mol. The van der Waals surface area contributed by atoms with E-state index < -0.39 is 9.84 Å². The fourth-order valence-electron chi connectivity index (χ4n) is 1.54. The van der Waals surface area contributed by atoms with Crippen LogP contribution in [0.25, 0.3) is 0 Å². The summed E-state index contributed by atoms with van der Waals surface area (Å²) in [7, 11) is -3.53. The molecule has 1 aromatic carbocycles. The molecule has 2 rings (SSSR count). The van der Waals surface area contributed by atoms with Gasteiger partial charge in [-0.1, -0.05) is 17.7 Å². The van der Waals surface area contributed by atoms with Crippen LogP contribution in [0.4, 0.5) is 5.69 Å². The predicted molar refractivity (Wildman–Crippen MR) is 78.8 cm³/mol. The molecule has 0 aliphatic heterocycles. The lowest BCUT2D eigenvalue weighted by molar-refractivity contribution is 0.596. The first-order valence-electron chi connectivity index (χ1n) is 4.91. The zero-order valence-corrected chi connectivity index (χ0v) is 13.0. The molecular weight excluding hydrogens is 358 g/mol. The minimum absolute atomic E-state index is 0.0104. The molecule has 0 saturated heterocycles. The molecule has 0 spiro atoms. The molecule has 0 radical (unpaired) electrons. The minimum Gasteiger partial charge on any atom is -0.398 e. The summed E-state index contributed by atoms with van der Waals surface area (Å²) in [5.41, 5.74) is 5.88. The zero-order chi connectivity index (χ0) is 13.3. The lowest BCUT2D eigenvalue weighted by Crippen LogP contribution is -2.07. The molecule has 18 heavy (non-hydrogen) atoms. The first-order valence-corrected chi connectivity index (χ1v) is 8.55. The van der Waals surface area contributed by atoms with Gasteiger partial charge in [0.2, 0.25) is 0 Å². The van der Waals surface area contributed by atoms with E-state index in [4.69, 9.17) is 17.3 Å². The number of halogens is 2. The number of rotatable bonds is 3. The van der Waals surface area contributed by atoms with E-state index >= 15 is 0 Å². The highest BCUT2D eigenvalue weighted by Crippen LogP contribution is 2.32. The Kier molecular flexibility index (Phi) is 4.01. The normalized spacial score (nSPS) is 11.7. The van der Waals surface area contributed by atoms with E-state index in [-0.39, 0.29) is 21.4 Å². The molecule has 1 aromatic heterocycles. The van der Waals surface area contributed by atoms with Gasteiger partial charge in [0.15, 0.2) is 9.84 Å². The van der Waals surface area contributed by atoms with Gasteiger partial charge in [-0.15, -0.1) is 11.3 Å². The van der Waals surface area contributed by atoms with Crippen molar-refractivity contribution in [2.75, 3.05) is 5.73 Å². The van der Waals surface area contributed by atoms with Gasteiger partial charge in [0, 0.05) is 4.88 Å². The van der Waals surface area contributed by atoms with Crippen LogP contribution in [-0.4, -0.2) is 8.42 Å². The third-order valence-corrected chi connectivity index (χ3v) is 6.27. The number of nitrogen functional groups attached to an aromatic ring is 1. The Balaban J connectivity index is 2.43. The molecule has 0 atom stereocenters. The van der Waals surface area contributed by atoms with Gasteiger partial charge < -0.3 is 5.73 Å². The third-order valence-electron chi connectivity index (χ3n) is 2.27. The van der Waals surface area contributed by atoms with Gasteiger partial charge in [-0.05, 0) is 40.2 Å². The van der Waals surface area contributed by atoms with Gasteiger partial charge >= 0.3 is 0 Å². The lowest BCUT2D eigenvalue weighted by atomic mass is 10.3. The quantitative estimate of drug-likeness (QED) is 0.842. The molecule has 2 N–H and O–H groups in total. The molecule has 0 saturated carbocycles. The van der Waals surface area contributed by atoms with Crippen molar-refractivity contribution in [2.45, 2.75) is 10.6 Å². The molecule has 2 aromatic rings. The largest absolute Gasteiger partial charge is 0.398 e. The van der Waals surface area contributed by atoms with E-state index in [9.17, 15) is 8.42 Å². The van der Waals surface area contributed by atoms with E-state index in [0.29, 0.717) is 0 Å². The molecule has 3 nitrogen and oxygen atoms in total.